The molecule has 1 heterocycles. The highest BCUT2D eigenvalue weighted by atomic mass is 16.3. The fraction of sp³-hybridized carbons (Fsp3) is 0.200. The summed E-state index contributed by atoms with van der Waals surface area (Å²) in [6.07, 6.45) is 2.71. The average Bonchev–Trinajstić information content (AvgIpc) is 2.50. The Bertz CT molecular complexity index is 360. The van der Waals surface area contributed by atoms with Gasteiger partial charge >= 0.3 is 0 Å². The first-order chi connectivity index (χ1) is 5.40. The van der Waals surface area contributed by atoms with Crippen molar-refractivity contribution in [2.45, 2.75) is 13.3 Å². The predicted octanol–water partition coefficient (Wildman–Crippen LogP) is 2.80. The third-order valence-electron chi connectivity index (χ3n) is 1.81. The van der Waals surface area contributed by atoms with Crippen molar-refractivity contribution in [3.8, 4) is 0 Å². The maximum atomic E-state index is 5.20. The molecule has 55 valence electrons. The molecule has 0 N–H and O–H groups in total. The minimum atomic E-state index is 0.865. The van der Waals surface area contributed by atoms with Gasteiger partial charge in [0.25, 0.3) is 0 Å². The maximum absolute atomic E-state index is 5.20. The summed E-state index contributed by atoms with van der Waals surface area (Å²) in [6, 6.07) is 9.28. The number of rotatable bonds is 1. The van der Waals surface area contributed by atoms with Crippen LogP contribution in [0.5, 0.6) is 0 Å². The van der Waals surface area contributed by atoms with Crippen molar-refractivity contribution in [1.29, 1.82) is 0 Å². The third kappa shape index (κ3) is 1.03. The number of hydrogen-bond acceptors (Lipinski definition) is 1. The molecule has 0 aliphatic rings. The van der Waals surface area contributed by atoms with Gasteiger partial charge < -0.3 is 4.42 Å². The lowest BCUT2D eigenvalue weighted by Crippen LogP contribution is -1.77. The van der Waals surface area contributed by atoms with E-state index in [1.807, 2.05) is 6.07 Å². The van der Waals surface area contributed by atoms with Gasteiger partial charge in [0.15, 0.2) is 0 Å². The molecule has 0 fully saturated rings. The highest BCUT2D eigenvalue weighted by Crippen LogP contribution is 2.16. The van der Waals surface area contributed by atoms with Crippen LogP contribution >= 0.6 is 0 Å². The van der Waals surface area contributed by atoms with Gasteiger partial charge in [0, 0.05) is 11.5 Å². The Morgan fingerprint density at radius 1 is 1.36 bits per heavy atom. The van der Waals surface area contributed by atoms with E-state index in [0.29, 0.717) is 0 Å². The smallest absolute Gasteiger partial charge is 0.142 e. The predicted molar refractivity (Wildman–Crippen MR) is 44.4 cm³/mol. The summed E-state index contributed by atoms with van der Waals surface area (Å²) in [5.74, 6) is 0. The van der Waals surface area contributed by atoms with E-state index in [1.165, 1.54) is 5.56 Å². The molecular weight excluding hydrogens is 136 g/mol. The molecule has 0 aliphatic heterocycles. The Labute approximate surface area is 65.6 Å². The van der Waals surface area contributed by atoms with Crippen molar-refractivity contribution in [1.82, 2.24) is 0 Å². The van der Waals surface area contributed by atoms with Crippen LogP contribution < -0.4 is 0 Å². The summed E-state index contributed by atoms with van der Waals surface area (Å²) in [4.78, 5) is 0. The van der Waals surface area contributed by atoms with Crippen molar-refractivity contribution in [3.63, 3.8) is 0 Å². The fourth-order valence-electron chi connectivity index (χ4n) is 1.14. The Balaban J connectivity index is 2.67. The van der Waals surface area contributed by atoms with Gasteiger partial charge in [0.05, 0.1) is 6.26 Å². The molecule has 1 radical (unpaired) electrons. The Hall–Kier alpha value is -1.24. The third-order valence-corrected chi connectivity index (χ3v) is 1.81. The minimum absolute atomic E-state index is 0.865. The maximum Gasteiger partial charge on any atom is 0.142 e. The fourth-order valence-corrected chi connectivity index (χ4v) is 1.14. The molecule has 1 heteroatoms. The summed E-state index contributed by atoms with van der Waals surface area (Å²) < 4.78 is 5.20. The van der Waals surface area contributed by atoms with Crippen LogP contribution in [0.1, 0.15) is 12.5 Å². The van der Waals surface area contributed by atoms with Gasteiger partial charge in [0.2, 0.25) is 0 Å². The lowest BCUT2D eigenvalue weighted by molar-refractivity contribution is 0.614. The second kappa shape index (κ2) is 2.42. The van der Waals surface area contributed by atoms with Gasteiger partial charge in [-0.15, -0.1) is 0 Å². The molecule has 1 nitrogen and oxygen atoms in total. The van der Waals surface area contributed by atoms with Gasteiger partial charge in [-0.05, 0) is 18.1 Å². The average molecular weight is 145 g/mol. The molecule has 0 saturated carbocycles. The number of fused-ring (bicyclic) bond motifs is 1. The van der Waals surface area contributed by atoms with Crippen LogP contribution in [0.4, 0.5) is 0 Å². The Morgan fingerprint density at radius 3 is 3.09 bits per heavy atom. The standard InChI is InChI=1S/C10H9O/c1-2-8-3-4-9-5-6-11-10(9)7-8/h3-6H,2H2,1H3. The highest BCUT2D eigenvalue weighted by Gasteiger charge is 1.96. The molecule has 0 aliphatic carbocycles. The van der Waals surface area contributed by atoms with E-state index in [4.69, 9.17) is 4.42 Å². The van der Waals surface area contributed by atoms with E-state index >= 15 is 0 Å². The zero-order chi connectivity index (χ0) is 7.68. The lowest BCUT2D eigenvalue weighted by Gasteiger charge is -1.92. The first kappa shape index (κ1) is 6.47. The summed E-state index contributed by atoms with van der Waals surface area (Å²) in [5, 5.41) is 1.13. The summed E-state index contributed by atoms with van der Waals surface area (Å²) >= 11 is 0. The Morgan fingerprint density at radius 2 is 2.27 bits per heavy atom. The topological polar surface area (TPSA) is 13.1 Å². The normalized spacial score (nSPS) is 10.6. The molecule has 0 spiro atoms. The lowest BCUT2D eigenvalue weighted by atomic mass is 10.1. The first-order valence-corrected chi connectivity index (χ1v) is 3.78. The van der Waals surface area contributed by atoms with Gasteiger partial charge in [-0.2, -0.15) is 0 Å². The molecule has 2 rings (SSSR count). The van der Waals surface area contributed by atoms with E-state index in [2.05, 4.69) is 25.1 Å². The van der Waals surface area contributed by atoms with Crippen LogP contribution in [0.15, 0.2) is 28.9 Å². The molecule has 11 heavy (non-hydrogen) atoms. The molecule has 0 atom stereocenters. The monoisotopic (exact) mass is 145 g/mol. The molecule has 2 aromatic rings. The summed E-state index contributed by atoms with van der Waals surface area (Å²) in [7, 11) is 0. The number of benzene rings is 1. The minimum Gasteiger partial charge on any atom is -0.464 e. The second-order valence-electron chi connectivity index (χ2n) is 2.54. The van der Waals surface area contributed by atoms with Gasteiger partial charge in [-0.1, -0.05) is 19.1 Å². The first-order valence-electron chi connectivity index (χ1n) is 3.78. The molecule has 0 saturated heterocycles. The van der Waals surface area contributed by atoms with E-state index in [0.717, 1.165) is 17.4 Å². The van der Waals surface area contributed by atoms with E-state index < -0.39 is 0 Å². The van der Waals surface area contributed by atoms with Crippen molar-refractivity contribution in [2.75, 3.05) is 0 Å². The van der Waals surface area contributed by atoms with Gasteiger partial charge in [-0.25, -0.2) is 0 Å². The number of hydrogen-bond donors (Lipinski definition) is 0. The SMILES string of the molecule is CCc1[c]c2occc2cc1. The molecule has 1 aromatic heterocycles. The van der Waals surface area contributed by atoms with Crippen LogP contribution in [0.3, 0.4) is 0 Å². The largest absolute Gasteiger partial charge is 0.464 e. The van der Waals surface area contributed by atoms with Crippen LogP contribution in [0, 0.1) is 6.07 Å². The molecule has 0 amide bonds. The number of furan rings is 1. The molecule has 0 unspecified atom stereocenters. The zero-order valence-corrected chi connectivity index (χ0v) is 6.42. The van der Waals surface area contributed by atoms with Crippen LogP contribution in [-0.4, -0.2) is 0 Å². The van der Waals surface area contributed by atoms with Crippen molar-refractivity contribution < 1.29 is 4.42 Å². The van der Waals surface area contributed by atoms with Gasteiger partial charge in [0.1, 0.15) is 5.58 Å². The van der Waals surface area contributed by atoms with Crippen molar-refractivity contribution in [2.24, 2.45) is 0 Å². The summed E-state index contributed by atoms with van der Waals surface area (Å²) in [5.41, 5.74) is 2.07. The highest BCUT2D eigenvalue weighted by molar-refractivity contribution is 5.76. The van der Waals surface area contributed by atoms with Crippen molar-refractivity contribution in [3.05, 3.63) is 36.1 Å². The van der Waals surface area contributed by atoms with Gasteiger partial charge in [-0.3, -0.25) is 0 Å². The Kier molecular flexibility index (Phi) is 1.42. The van der Waals surface area contributed by atoms with E-state index in [1.54, 1.807) is 6.26 Å². The van der Waals surface area contributed by atoms with E-state index in [-0.39, 0.29) is 0 Å². The van der Waals surface area contributed by atoms with Crippen LogP contribution in [-0.2, 0) is 6.42 Å². The van der Waals surface area contributed by atoms with E-state index in [9.17, 15) is 0 Å². The number of aryl methyl sites for hydroxylation is 1. The summed E-state index contributed by atoms with van der Waals surface area (Å²) in [6.45, 7) is 2.11. The molecule has 1 aromatic carbocycles. The second-order valence-corrected chi connectivity index (χ2v) is 2.54. The van der Waals surface area contributed by atoms with Crippen molar-refractivity contribution >= 4 is 11.0 Å². The molecular formula is C10H9O. The zero-order valence-electron chi connectivity index (χ0n) is 6.42. The van der Waals surface area contributed by atoms with Crippen LogP contribution in [0.25, 0.3) is 11.0 Å². The molecule has 0 bridgehead atoms. The van der Waals surface area contributed by atoms with Crippen LogP contribution in [0.2, 0.25) is 0 Å². The quantitative estimate of drug-likeness (QED) is 0.601.